The monoisotopic (exact) mass is 511 g/mol. The van der Waals surface area contributed by atoms with E-state index in [9.17, 15) is 22.4 Å². The summed E-state index contributed by atoms with van der Waals surface area (Å²) in [5.41, 5.74) is 1.30. The van der Waals surface area contributed by atoms with E-state index in [1.54, 1.807) is 6.92 Å². The summed E-state index contributed by atoms with van der Waals surface area (Å²) < 4.78 is 39.5. The molecular weight excluding hydrogens is 481 g/mol. The summed E-state index contributed by atoms with van der Waals surface area (Å²) in [6, 6.07) is 10.0. The van der Waals surface area contributed by atoms with Crippen molar-refractivity contribution < 1.29 is 22.4 Å². The maximum absolute atomic E-state index is 13.6. The molecule has 0 aromatic heterocycles. The number of carbonyl (C=O) groups is 2. The molecule has 0 unspecified atom stereocenters. The van der Waals surface area contributed by atoms with E-state index in [0.717, 1.165) is 33.8 Å². The highest BCUT2D eigenvalue weighted by atomic mass is 35.5. The molecule has 0 saturated carbocycles. The minimum atomic E-state index is -3.93. The highest BCUT2D eigenvalue weighted by molar-refractivity contribution is 7.92. The van der Waals surface area contributed by atoms with E-state index in [1.165, 1.54) is 11.0 Å². The maximum Gasteiger partial charge on any atom is 0.244 e. The second-order valence-corrected chi connectivity index (χ2v) is 11.6. The first-order valence-corrected chi connectivity index (χ1v) is 12.9. The lowest BCUT2D eigenvalue weighted by Crippen LogP contribution is -2.54. The third kappa shape index (κ3) is 7.70. The molecule has 0 saturated heterocycles. The van der Waals surface area contributed by atoms with E-state index < -0.39 is 39.9 Å². The van der Waals surface area contributed by atoms with E-state index in [-0.39, 0.29) is 23.2 Å². The van der Waals surface area contributed by atoms with Gasteiger partial charge < -0.3 is 10.2 Å². The van der Waals surface area contributed by atoms with Crippen LogP contribution in [0.3, 0.4) is 0 Å². The first-order valence-electron chi connectivity index (χ1n) is 10.7. The van der Waals surface area contributed by atoms with Crippen molar-refractivity contribution in [1.29, 1.82) is 0 Å². The fourth-order valence-corrected chi connectivity index (χ4v) is 4.33. The number of benzene rings is 2. The summed E-state index contributed by atoms with van der Waals surface area (Å²) in [6.45, 7) is 8.50. The van der Waals surface area contributed by atoms with Gasteiger partial charge in [-0.05, 0) is 58.4 Å². The number of rotatable bonds is 8. The van der Waals surface area contributed by atoms with Gasteiger partial charge in [-0.3, -0.25) is 13.9 Å². The number of sulfonamides is 1. The SMILES string of the molecule is Cc1cccc(CN(C(=O)CN(c2ccc(F)c(Cl)c2)S(C)(=O)=O)[C@H](C)C(=O)NC(C)(C)C)c1. The zero-order valence-corrected chi connectivity index (χ0v) is 21.8. The van der Waals surface area contributed by atoms with Crippen molar-refractivity contribution in [3.8, 4) is 0 Å². The maximum atomic E-state index is 13.6. The number of amides is 2. The first kappa shape index (κ1) is 27.6. The molecule has 2 rings (SSSR count). The van der Waals surface area contributed by atoms with Crippen molar-refractivity contribution in [1.82, 2.24) is 10.2 Å². The van der Waals surface area contributed by atoms with Crippen LogP contribution in [0.5, 0.6) is 0 Å². The molecular formula is C24H31ClFN3O4S. The van der Waals surface area contributed by atoms with Crippen LogP contribution in [0.2, 0.25) is 5.02 Å². The summed E-state index contributed by atoms with van der Waals surface area (Å²) in [7, 11) is -3.93. The van der Waals surface area contributed by atoms with Crippen LogP contribution in [0.15, 0.2) is 42.5 Å². The molecule has 2 amide bonds. The zero-order valence-electron chi connectivity index (χ0n) is 20.2. The number of hydrogen-bond donors (Lipinski definition) is 1. The van der Waals surface area contributed by atoms with Crippen molar-refractivity contribution in [3.05, 3.63) is 64.4 Å². The number of anilines is 1. The Hall–Kier alpha value is -2.65. The number of hydrogen-bond acceptors (Lipinski definition) is 4. The number of halogens is 2. The van der Waals surface area contributed by atoms with Gasteiger partial charge in [-0.2, -0.15) is 0 Å². The van der Waals surface area contributed by atoms with Crippen molar-refractivity contribution in [3.63, 3.8) is 0 Å². The largest absolute Gasteiger partial charge is 0.350 e. The Morgan fingerprint density at radius 1 is 1.15 bits per heavy atom. The third-order valence-corrected chi connectivity index (χ3v) is 6.40. The van der Waals surface area contributed by atoms with Crippen molar-refractivity contribution in [2.45, 2.75) is 52.7 Å². The van der Waals surface area contributed by atoms with Crippen molar-refractivity contribution in [2.75, 3.05) is 17.1 Å². The zero-order chi connectivity index (χ0) is 25.8. The molecule has 2 aromatic rings. The molecule has 34 heavy (non-hydrogen) atoms. The summed E-state index contributed by atoms with van der Waals surface area (Å²) in [5.74, 6) is -1.67. The van der Waals surface area contributed by atoms with Gasteiger partial charge in [0, 0.05) is 12.1 Å². The number of aryl methyl sites for hydroxylation is 1. The van der Waals surface area contributed by atoms with Crippen LogP contribution in [-0.2, 0) is 26.2 Å². The van der Waals surface area contributed by atoms with Gasteiger partial charge in [0.25, 0.3) is 0 Å². The van der Waals surface area contributed by atoms with Gasteiger partial charge in [0.05, 0.1) is 17.0 Å². The lowest BCUT2D eigenvalue weighted by molar-refractivity contribution is -0.140. The second-order valence-electron chi connectivity index (χ2n) is 9.29. The molecule has 0 heterocycles. The van der Waals surface area contributed by atoms with Gasteiger partial charge in [-0.1, -0.05) is 41.4 Å². The molecule has 7 nitrogen and oxygen atoms in total. The lowest BCUT2D eigenvalue weighted by atomic mass is 10.1. The van der Waals surface area contributed by atoms with E-state index in [1.807, 2.05) is 52.0 Å². The second kappa shape index (κ2) is 10.7. The predicted molar refractivity (Wildman–Crippen MR) is 133 cm³/mol. The normalized spacial score (nSPS) is 12.7. The summed E-state index contributed by atoms with van der Waals surface area (Å²) in [6.07, 6.45) is 0.943. The Bertz CT molecular complexity index is 1170. The van der Waals surface area contributed by atoms with Gasteiger partial charge in [0.2, 0.25) is 21.8 Å². The Morgan fingerprint density at radius 3 is 2.32 bits per heavy atom. The average molecular weight is 512 g/mol. The van der Waals surface area contributed by atoms with Crippen LogP contribution < -0.4 is 9.62 Å². The van der Waals surface area contributed by atoms with Crippen LogP contribution in [-0.4, -0.2) is 49.5 Å². The van der Waals surface area contributed by atoms with E-state index in [2.05, 4.69) is 5.32 Å². The van der Waals surface area contributed by atoms with Crippen LogP contribution in [0.1, 0.15) is 38.8 Å². The highest BCUT2D eigenvalue weighted by Crippen LogP contribution is 2.25. The van der Waals surface area contributed by atoms with Gasteiger partial charge >= 0.3 is 0 Å². The summed E-state index contributed by atoms with van der Waals surface area (Å²) >= 11 is 5.84. The van der Waals surface area contributed by atoms with Gasteiger partial charge in [0.15, 0.2) is 0 Å². The molecule has 0 fully saturated rings. The van der Waals surface area contributed by atoms with Crippen LogP contribution in [0.4, 0.5) is 10.1 Å². The predicted octanol–water partition coefficient (Wildman–Crippen LogP) is 3.89. The topological polar surface area (TPSA) is 86.8 Å². The Balaban J connectivity index is 2.43. The molecule has 1 atom stereocenters. The Kier molecular flexibility index (Phi) is 8.71. The third-order valence-electron chi connectivity index (χ3n) is 4.97. The summed E-state index contributed by atoms with van der Waals surface area (Å²) in [4.78, 5) is 27.7. The van der Waals surface area contributed by atoms with E-state index in [0.29, 0.717) is 0 Å². The quantitative estimate of drug-likeness (QED) is 0.582. The summed E-state index contributed by atoms with van der Waals surface area (Å²) in [5, 5.41) is 2.59. The first-order chi connectivity index (χ1) is 15.6. The molecule has 0 radical (unpaired) electrons. The van der Waals surface area contributed by atoms with Crippen LogP contribution in [0, 0.1) is 12.7 Å². The fourth-order valence-electron chi connectivity index (χ4n) is 3.32. The van der Waals surface area contributed by atoms with Crippen LogP contribution in [0.25, 0.3) is 0 Å². The Labute approximate surface area is 205 Å². The standard InChI is InChI=1S/C24H31ClFN3O4S/c1-16-8-7-9-18(12-16)14-28(17(2)23(31)27-24(3,4)5)22(30)15-29(34(6,32)33)19-10-11-21(26)20(25)13-19/h7-13,17H,14-15H2,1-6H3,(H,27,31)/t17-/m1/s1. The molecule has 1 N–H and O–H groups in total. The van der Waals surface area contributed by atoms with Crippen LogP contribution >= 0.6 is 11.6 Å². The molecule has 2 aromatic carbocycles. The molecule has 0 bridgehead atoms. The van der Waals surface area contributed by atoms with Crippen molar-refractivity contribution in [2.24, 2.45) is 0 Å². The number of nitrogens with zero attached hydrogens (tertiary/aromatic N) is 2. The fraction of sp³-hybridized carbons (Fsp3) is 0.417. The van der Waals surface area contributed by atoms with E-state index >= 15 is 0 Å². The van der Waals surface area contributed by atoms with Crippen molar-refractivity contribution >= 4 is 39.1 Å². The molecule has 0 aliphatic heterocycles. The van der Waals surface area contributed by atoms with E-state index in [4.69, 9.17) is 11.6 Å². The van der Waals surface area contributed by atoms with Gasteiger partial charge in [0.1, 0.15) is 18.4 Å². The number of nitrogens with one attached hydrogen (secondary N) is 1. The molecule has 0 aliphatic rings. The molecule has 10 heteroatoms. The minimum absolute atomic E-state index is 0.0459. The lowest BCUT2D eigenvalue weighted by Gasteiger charge is -2.33. The van der Waals surface area contributed by atoms with Gasteiger partial charge in [-0.15, -0.1) is 0 Å². The molecule has 0 spiro atoms. The number of carbonyl (C=O) groups excluding carboxylic acids is 2. The average Bonchev–Trinajstić information content (AvgIpc) is 2.69. The Morgan fingerprint density at radius 2 is 1.79 bits per heavy atom. The molecule has 0 aliphatic carbocycles. The minimum Gasteiger partial charge on any atom is -0.350 e. The highest BCUT2D eigenvalue weighted by Gasteiger charge is 2.31. The smallest absolute Gasteiger partial charge is 0.244 e. The van der Waals surface area contributed by atoms with Gasteiger partial charge in [-0.25, -0.2) is 12.8 Å². The molecule has 186 valence electrons.